The number of aromatic nitrogens is 3. The zero-order valence-electron chi connectivity index (χ0n) is 19.0. The molecule has 0 amide bonds. The molecule has 0 bridgehead atoms. The van der Waals surface area contributed by atoms with E-state index in [9.17, 15) is 9.90 Å². The number of ether oxygens (including phenoxy) is 4. The maximum absolute atomic E-state index is 11.3. The summed E-state index contributed by atoms with van der Waals surface area (Å²) in [5, 5.41) is 13.7. The average Bonchev–Trinajstić information content (AvgIpc) is 3.60. The van der Waals surface area contributed by atoms with E-state index in [2.05, 4.69) is 10.1 Å². The number of benzene rings is 2. The first-order valence-corrected chi connectivity index (χ1v) is 11.0. The number of methoxy groups -OCH3 is 1. The summed E-state index contributed by atoms with van der Waals surface area (Å²) in [6.45, 7) is 1.34. The second-order valence-corrected chi connectivity index (χ2v) is 7.81. The lowest BCUT2D eigenvalue weighted by atomic mass is 10.0. The molecule has 2 aromatic heterocycles. The first kappa shape index (κ1) is 22.6. The lowest BCUT2D eigenvalue weighted by Gasteiger charge is -2.19. The van der Waals surface area contributed by atoms with Crippen molar-refractivity contribution in [3.05, 3.63) is 89.9 Å². The van der Waals surface area contributed by atoms with Gasteiger partial charge in [0.05, 0.1) is 37.6 Å². The van der Waals surface area contributed by atoms with E-state index in [0.717, 1.165) is 28.0 Å². The minimum Gasteiger partial charge on any atom is -0.497 e. The minimum absolute atomic E-state index is 0.134. The summed E-state index contributed by atoms with van der Waals surface area (Å²) in [6.07, 6.45) is 4.35. The molecule has 9 heteroatoms. The quantitative estimate of drug-likeness (QED) is 0.405. The number of pyridine rings is 1. The molecule has 1 fully saturated rings. The van der Waals surface area contributed by atoms with Gasteiger partial charge in [0, 0.05) is 18.0 Å². The Morgan fingerprint density at radius 3 is 2.69 bits per heavy atom. The van der Waals surface area contributed by atoms with Crippen molar-refractivity contribution in [1.29, 1.82) is 0 Å². The number of carbonyl (C=O) groups is 1. The Hall–Kier alpha value is -4.21. The number of carboxylic acids is 1. The van der Waals surface area contributed by atoms with Crippen LogP contribution in [0, 0.1) is 0 Å². The molecule has 0 saturated carbocycles. The van der Waals surface area contributed by atoms with Gasteiger partial charge in [-0.2, -0.15) is 5.10 Å². The van der Waals surface area contributed by atoms with Crippen molar-refractivity contribution in [3.63, 3.8) is 0 Å². The Kier molecular flexibility index (Phi) is 6.42. The van der Waals surface area contributed by atoms with E-state index >= 15 is 0 Å². The van der Waals surface area contributed by atoms with Gasteiger partial charge in [0.15, 0.2) is 12.1 Å². The fraction of sp³-hybridized carbons (Fsp3) is 0.192. The second-order valence-electron chi connectivity index (χ2n) is 7.81. The van der Waals surface area contributed by atoms with Gasteiger partial charge >= 0.3 is 5.97 Å². The lowest BCUT2D eigenvalue weighted by Crippen LogP contribution is -2.06. The van der Waals surface area contributed by atoms with Gasteiger partial charge < -0.3 is 24.1 Å². The highest BCUT2D eigenvalue weighted by molar-refractivity contribution is 5.87. The zero-order chi connectivity index (χ0) is 24.2. The van der Waals surface area contributed by atoms with Gasteiger partial charge in [0.1, 0.15) is 18.1 Å². The molecular formula is C26H23N3O6. The molecule has 1 aliphatic heterocycles. The topological polar surface area (TPSA) is 105 Å². The third kappa shape index (κ3) is 4.86. The van der Waals surface area contributed by atoms with E-state index in [0.29, 0.717) is 31.4 Å². The first-order chi connectivity index (χ1) is 17.1. The van der Waals surface area contributed by atoms with Crippen molar-refractivity contribution < 1.29 is 28.8 Å². The van der Waals surface area contributed by atoms with Crippen LogP contribution in [0.4, 0.5) is 0 Å². The van der Waals surface area contributed by atoms with Crippen molar-refractivity contribution in [2.45, 2.75) is 12.9 Å². The van der Waals surface area contributed by atoms with Crippen LogP contribution in [0.5, 0.6) is 11.5 Å². The summed E-state index contributed by atoms with van der Waals surface area (Å²) < 4.78 is 24.6. The first-order valence-electron chi connectivity index (χ1n) is 11.0. The second kappa shape index (κ2) is 9.96. The molecule has 35 heavy (non-hydrogen) atoms. The number of hydrogen-bond donors (Lipinski definition) is 1. The van der Waals surface area contributed by atoms with E-state index < -0.39 is 12.3 Å². The van der Waals surface area contributed by atoms with Gasteiger partial charge in [0.2, 0.25) is 0 Å². The monoisotopic (exact) mass is 473 g/mol. The van der Waals surface area contributed by atoms with E-state index in [1.54, 1.807) is 19.5 Å². The highest BCUT2D eigenvalue weighted by atomic mass is 16.7. The Balaban J connectivity index is 1.47. The maximum Gasteiger partial charge on any atom is 0.335 e. The predicted molar refractivity (Wildman–Crippen MR) is 126 cm³/mol. The van der Waals surface area contributed by atoms with Crippen LogP contribution in [0.15, 0.2) is 73.2 Å². The predicted octanol–water partition coefficient (Wildman–Crippen LogP) is 4.27. The van der Waals surface area contributed by atoms with Gasteiger partial charge in [-0.25, -0.2) is 14.5 Å². The molecule has 1 N–H and O–H groups in total. The van der Waals surface area contributed by atoms with Crippen LogP contribution in [0.2, 0.25) is 0 Å². The molecule has 178 valence electrons. The maximum atomic E-state index is 11.3. The molecule has 9 nitrogen and oxygen atoms in total. The molecule has 5 rings (SSSR count). The van der Waals surface area contributed by atoms with Crippen molar-refractivity contribution >= 4 is 5.97 Å². The number of rotatable bonds is 8. The summed E-state index contributed by atoms with van der Waals surface area (Å²) in [5.74, 6) is 0.798. The molecule has 0 radical (unpaired) electrons. The van der Waals surface area contributed by atoms with Gasteiger partial charge in [-0.15, -0.1) is 0 Å². The third-order valence-corrected chi connectivity index (χ3v) is 5.60. The lowest BCUT2D eigenvalue weighted by molar-refractivity contribution is -0.0454. The summed E-state index contributed by atoms with van der Waals surface area (Å²) in [7, 11) is 1.63. The van der Waals surface area contributed by atoms with Gasteiger partial charge in [0.25, 0.3) is 0 Å². The van der Waals surface area contributed by atoms with Crippen molar-refractivity contribution in [1.82, 2.24) is 14.8 Å². The molecule has 4 aromatic rings. The summed E-state index contributed by atoms with van der Waals surface area (Å²) in [6, 6.07) is 16.3. The van der Waals surface area contributed by atoms with Crippen molar-refractivity contribution in [2.75, 3.05) is 20.3 Å². The summed E-state index contributed by atoms with van der Waals surface area (Å²) >= 11 is 0. The fourth-order valence-corrected chi connectivity index (χ4v) is 3.84. The van der Waals surface area contributed by atoms with E-state index in [-0.39, 0.29) is 5.56 Å². The summed E-state index contributed by atoms with van der Waals surface area (Å²) in [5.41, 5.74) is 3.52. The van der Waals surface area contributed by atoms with Crippen LogP contribution in [0.3, 0.4) is 0 Å². The van der Waals surface area contributed by atoms with Crippen molar-refractivity contribution in [3.8, 4) is 28.4 Å². The number of nitrogens with zero attached hydrogens (tertiary/aromatic N) is 3. The molecule has 0 spiro atoms. The molecule has 1 aliphatic rings. The molecule has 1 saturated heterocycles. The Bertz CT molecular complexity index is 1330. The highest BCUT2D eigenvalue weighted by Crippen LogP contribution is 2.39. The van der Waals surface area contributed by atoms with Crippen LogP contribution in [-0.2, 0) is 16.1 Å². The largest absolute Gasteiger partial charge is 0.497 e. The van der Waals surface area contributed by atoms with Crippen LogP contribution < -0.4 is 9.47 Å². The minimum atomic E-state index is -1.03. The molecule has 0 unspecified atom stereocenters. The Morgan fingerprint density at radius 1 is 1.14 bits per heavy atom. The van der Waals surface area contributed by atoms with E-state index in [1.165, 1.54) is 23.0 Å². The van der Waals surface area contributed by atoms with Crippen LogP contribution in [-0.4, -0.2) is 46.2 Å². The highest BCUT2D eigenvalue weighted by Gasteiger charge is 2.27. The standard InChI is InChI=1S/C26H23N3O6/c1-32-20-7-5-17(6-8-20)16-35-22-4-2-3-21(24(22)26-33-11-12-34-26)19-14-28-29(15-19)23-13-18(25(30)31)9-10-27-23/h2-10,13-15,26H,11-12,16H2,1H3,(H,30,31). The third-order valence-electron chi connectivity index (χ3n) is 5.60. The van der Waals surface area contributed by atoms with E-state index in [4.69, 9.17) is 18.9 Å². The molecule has 0 aliphatic carbocycles. The van der Waals surface area contributed by atoms with Gasteiger partial charge in [-0.05, 0) is 41.5 Å². The van der Waals surface area contributed by atoms with Crippen LogP contribution in [0.25, 0.3) is 16.9 Å². The van der Waals surface area contributed by atoms with Crippen LogP contribution >= 0.6 is 0 Å². The average molecular weight is 473 g/mol. The van der Waals surface area contributed by atoms with Crippen LogP contribution in [0.1, 0.15) is 27.8 Å². The normalized spacial score (nSPS) is 13.6. The Morgan fingerprint density at radius 2 is 1.94 bits per heavy atom. The number of aromatic carboxylic acids is 1. The zero-order valence-corrected chi connectivity index (χ0v) is 19.0. The molecular weight excluding hydrogens is 450 g/mol. The smallest absolute Gasteiger partial charge is 0.335 e. The number of hydrogen-bond acceptors (Lipinski definition) is 7. The SMILES string of the molecule is COc1ccc(COc2cccc(-c3cnn(-c4cc(C(=O)O)ccn4)c3)c2C2OCCO2)cc1. The summed E-state index contributed by atoms with van der Waals surface area (Å²) in [4.78, 5) is 15.6. The number of carboxylic acid groups (broad SMARTS) is 1. The van der Waals surface area contributed by atoms with Gasteiger partial charge in [-0.1, -0.05) is 24.3 Å². The van der Waals surface area contributed by atoms with E-state index in [1.807, 2.05) is 42.5 Å². The molecule has 2 aromatic carbocycles. The molecule has 3 heterocycles. The van der Waals surface area contributed by atoms with Crippen molar-refractivity contribution in [2.24, 2.45) is 0 Å². The fourth-order valence-electron chi connectivity index (χ4n) is 3.84. The molecule has 0 atom stereocenters. The Labute approximate surface area is 201 Å². The van der Waals surface area contributed by atoms with Gasteiger partial charge in [-0.3, -0.25) is 0 Å².